The van der Waals surface area contributed by atoms with Gasteiger partial charge in [0, 0.05) is 23.5 Å². The summed E-state index contributed by atoms with van der Waals surface area (Å²) in [5.41, 5.74) is 8.64. The van der Waals surface area contributed by atoms with Crippen LogP contribution in [0.2, 0.25) is 0 Å². The molecule has 0 fully saturated rings. The van der Waals surface area contributed by atoms with Gasteiger partial charge >= 0.3 is 0 Å². The molecule has 0 aliphatic carbocycles. The number of ether oxygens (including phenoxy) is 1. The van der Waals surface area contributed by atoms with Crippen LogP contribution in [0, 0.1) is 5.41 Å². The Kier molecular flexibility index (Phi) is 6.02. The summed E-state index contributed by atoms with van der Waals surface area (Å²) >= 11 is 0. The number of carbonyl (C=O) groups is 1. The fourth-order valence-corrected chi connectivity index (χ4v) is 1.73. The van der Waals surface area contributed by atoms with Crippen molar-refractivity contribution in [2.45, 2.75) is 26.4 Å². The van der Waals surface area contributed by atoms with Gasteiger partial charge in [-0.3, -0.25) is 4.79 Å². The lowest BCUT2D eigenvalue weighted by Gasteiger charge is -2.27. The first-order valence-electron chi connectivity index (χ1n) is 6.50. The standard InChI is InChI=1S/C14H20N4O3/c1-14(2,9-19)12(17-18-15)13(20)16-8-10-4-6-11(21-3)7-5-10/h4-7,12,19H,8-9H2,1-3H3,(H,16,20)/t12-/m1/s1. The number of aliphatic hydroxyl groups is 1. The number of methoxy groups -OCH3 is 1. The molecular formula is C14H20N4O3. The Morgan fingerprint density at radius 3 is 2.57 bits per heavy atom. The van der Waals surface area contributed by atoms with Crippen LogP contribution < -0.4 is 10.1 Å². The summed E-state index contributed by atoms with van der Waals surface area (Å²) in [5.74, 6) is 0.320. The number of nitrogens with zero attached hydrogens (tertiary/aromatic N) is 3. The second-order valence-corrected chi connectivity index (χ2v) is 5.32. The molecule has 7 heteroatoms. The van der Waals surface area contributed by atoms with Crippen molar-refractivity contribution in [3.8, 4) is 5.75 Å². The third-order valence-electron chi connectivity index (χ3n) is 3.19. The van der Waals surface area contributed by atoms with Gasteiger partial charge in [0.2, 0.25) is 5.91 Å². The number of benzene rings is 1. The van der Waals surface area contributed by atoms with Crippen LogP contribution >= 0.6 is 0 Å². The third-order valence-corrected chi connectivity index (χ3v) is 3.19. The van der Waals surface area contributed by atoms with E-state index in [1.807, 2.05) is 12.1 Å². The molecule has 0 aliphatic rings. The van der Waals surface area contributed by atoms with Gasteiger partial charge in [0.25, 0.3) is 0 Å². The van der Waals surface area contributed by atoms with Gasteiger partial charge in [-0.1, -0.05) is 31.1 Å². The molecular weight excluding hydrogens is 272 g/mol. The van der Waals surface area contributed by atoms with Crippen molar-refractivity contribution in [2.75, 3.05) is 13.7 Å². The molecule has 1 aromatic rings. The fourth-order valence-electron chi connectivity index (χ4n) is 1.73. The maximum Gasteiger partial charge on any atom is 0.229 e. The number of nitrogens with one attached hydrogen (secondary N) is 1. The van der Waals surface area contributed by atoms with Gasteiger partial charge in [0.15, 0.2) is 0 Å². The van der Waals surface area contributed by atoms with Crippen molar-refractivity contribution in [2.24, 2.45) is 10.5 Å². The summed E-state index contributed by atoms with van der Waals surface area (Å²) in [6.07, 6.45) is 0. The Labute approximate surface area is 123 Å². The van der Waals surface area contributed by atoms with E-state index >= 15 is 0 Å². The highest BCUT2D eigenvalue weighted by atomic mass is 16.5. The molecule has 1 aromatic carbocycles. The van der Waals surface area contributed by atoms with Gasteiger partial charge in [-0.05, 0) is 23.2 Å². The molecule has 0 saturated carbocycles. The lowest BCUT2D eigenvalue weighted by atomic mass is 9.85. The van der Waals surface area contributed by atoms with Gasteiger partial charge < -0.3 is 15.2 Å². The van der Waals surface area contributed by atoms with Crippen molar-refractivity contribution >= 4 is 5.91 Å². The second kappa shape index (κ2) is 7.52. The van der Waals surface area contributed by atoms with E-state index in [2.05, 4.69) is 15.3 Å². The van der Waals surface area contributed by atoms with Gasteiger partial charge in [-0.25, -0.2) is 0 Å². The second-order valence-electron chi connectivity index (χ2n) is 5.32. The Morgan fingerprint density at radius 2 is 2.10 bits per heavy atom. The first kappa shape index (κ1) is 16.8. The van der Waals surface area contributed by atoms with Gasteiger partial charge in [0.1, 0.15) is 11.8 Å². The molecule has 7 nitrogen and oxygen atoms in total. The summed E-state index contributed by atoms with van der Waals surface area (Å²) < 4.78 is 5.05. The van der Waals surface area contributed by atoms with E-state index < -0.39 is 17.4 Å². The highest BCUT2D eigenvalue weighted by molar-refractivity contribution is 5.82. The van der Waals surface area contributed by atoms with Crippen LogP contribution in [0.3, 0.4) is 0 Å². The molecule has 0 saturated heterocycles. The smallest absolute Gasteiger partial charge is 0.229 e. The van der Waals surface area contributed by atoms with Gasteiger partial charge in [-0.15, -0.1) is 0 Å². The lowest BCUT2D eigenvalue weighted by molar-refractivity contribution is -0.125. The lowest BCUT2D eigenvalue weighted by Crippen LogP contribution is -2.44. The van der Waals surface area contributed by atoms with E-state index in [4.69, 9.17) is 10.3 Å². The number of aliphatic hydroxyl groups excluding tert-OH is 1. The first-order valence-corrected chi connectivity index (χ1v) is 6.50. The van der Waals surface area contributed by atoms with E-state index in [1.54, 1.807) is 33.1 Å². The zero-order valence-electron chi connectivity index (χ0n) is 12.4. The van der Waals surface area contributed by atoms with Crippen LogP contribution in [0.4, 0.5) is 0 Å². The van der Waals surface area contributed by atoms with Crippen molar-refractivity contribution in [3.63, 3.8) is 0 Å². The average Bonchev–Trinajstić information content (AvgIpc) is 2.50. The number of azide groups is 1. The molecule has 0 unspecified atom stereocenters. The molecule has 1 rings (SSSR count). The van der Waals surface area contributed by atoms with Crippen molar-refractivity contribution < 1.29 is 14.6 Å². The predicted molar refractivity (Wildman–Crippen MR) is 78.6 cm³/mol. The van der Waals surface area contributed by atoms with Gasteiger partial charge in [-0.2, -0.15) is 0 Å². The van der Waals surface area contributed by atoms with Crippen LogP contribution in [0.5, 0.6) is 5.75 Å². The monoisotopic (exact) mass is 292 g/mol. The number of amides is 1. The number of rotatable bonds is 7. The summed E-state index contributed by atoms with van der Waals surface area (Å²) in [7, 11) is 1.58. The topological polar surface area (TPSA) is 107 Å². The normalized spacial score (nSPS) is 12.2. The molecule has 21 heavy (non-hydrogen) atoms. The Morgan fingerprint density at radius 1 is 1.48 bits per heavy atom. The van der Waals surface area contributed by atoms with E-state index in [0.29, 0.717) is 6.54 Å². The highest BCUT2D eigenvalue weighted by Crippen LogP contribution is 2.23. The summed E-state index contributed by atoms with van der Waals surface area (Å²) in [6, 6.07) is 6.29. The molecule has 1 atom stereocenters. The number of hydrogen-bond donors (Lipinski definition) is 2. The minimum Gasteiger partial charge on any atom is -0.497 e. The van der Waals surface area contributed by atoms with Crippen LogP contribution in [0.1, 0.15) is 19.4 Å². The van der Waals surface area contributed by atoms with Crippen LogP contribution in [0.25, 0.3) is 10.4 Å². The van der Waals surface area contributed by atoms with Crippen LogP contribution in [-0.2, 0) is 11.3 Å². The SMILES string of the molecule is COc1ccc(CNC(=O)[C@@H](N=[N+]=[N-])C(C)(C)CO)cc1. The van der Waals surface area contributed by atoms with E-state index in [1.165, 1.54) is 0 Å². The summed E-state index contributed by atoms with van der Waals surface area (Å²) in [6.45, 7) is 3.38. The van der Waals surface area contributed by atoms with E-state index in [0.717, 1.165) is 11.3 Å². The molecule has 0 radical (unpaired) electrons. The Balaban J connectivity index is 2.71. The maximum atomic E-state index is 12.1. The average molecular weight is 292 g/mol. The fraction of sp³-hybridized carbons (Fsp3) is 0.500. The summed E-state index contributed by atoms with van der Waals surface area (Å²) in [4.78, 5) is 14.8. The van der Waals surface area contributed by atoms with Crippen molar-refractivity contribution in [1.82, 2.24) is 5.32 Å². The molecule has 0 bridgehead atoms. The predicted octanol–water partition coefficient (Wildman–Crippen LogP) is 2.01. The Hall–Kier alpha value is -2.24. The number of hydrogen-bond acceptors (Lipinski definition) is 4. The quantitative estimate of drug-likeness (QED) is 0.456. The molecule has 0 spiro atoms. The summed E-state index contributed by atoms with van der Waals surface area (Å²) in [5, 5.41) is 15.5. The highest BCUT2D eigenvalue weighted by Gasteiger charge is 2.33. The molecule has 0 heterocycles. The molecule has 2 N–H and O–H groups in total. The minimum absolute atomic E-state index is 0.257. The third kappa shape index (κ3) is 4.66. The van der Waals surface area contributed by atoms with Gasteiger partial charge in [0.05, 0.1) is 7.11 Å². The maximum absolute atomic E-state index is 12.1. The molecule has 1 amide bonds. The molecule has 114 valence electrons. The van der Waals surface area contributed by atoms with Crippen molar-refractivity contribution in [1.29, 1.82) is 0 Å². The van der Waals surface area contributed by atoms with Crippen LogP contribution in [-0.4, -0.2) is 30.8 Å². The van der Waals surface area contributed by atoms with E-state index in [-0.39, 0.29) is 6.61 Å². The molecule has 0 aliphatic heterocycles. The van der Waals surface area contributed by atoms with Crippen molar-refractivity contribution in [3.05, 3.63) is 40.3 Å². The first-order chi connectivity index (χ1) is 9.94. The van der Waals surface area contributed by atoms with E-state index in [9.17, 15) is 9.90 Å². The van der Waals surface area contributed by atoms with Crippen LogP contribution in [0.15, 0.2) is 29.4 Å². The minimum atomic E-state index is -0.967. The molecule has 0 aromatic heterocycles. The number of carbonyl (C=O) groups excluding carboxylic acids is 1. The Bertz CT molecular complexity index is 522. The zero-order chi connectivity index (χ0) is 15.9. The largest absolute Gasteiger partial charge is 0.497 e. The zero-order valence-corrected chi connectivity index (χ0v) is 12.4.